The highest BCUT2D eigenvalue weighted by Crippen LogP contribution is 2.51. The molecule has 24 heavy (non-hydrogen) atoms. The van der Waals surface area contributed by atoms with Gasteiger partial charge in [0.1, 0.15) is 5.75 Å². The molecule has 122 valence electrons. The number of para-hydroxylation sites is 1. The fourth-order valence-electron chi connectivity index (χ4n) is 3.92. The average molecular weight is 322 g/mol. The summed E-state index contributed by atoms with van der Waals surface area (Å²) in [5.74, 6) is 1.35. The van der Waals surface area contributed by atoms with Crippen LogP contribution in [0.3, 0.4) is 0 Å². The third-order valence-corrected chi connectivity index (χ3v) is 5.04. The maximum Gasteiger partial charge on any atom is 0.274 e. The number of nitrogens with zero attached hydrogens (tertiary/aromatic N) is 1. The summed E-state index contributed by atoms with van der Waals surface area (Å²) in [5.41, 5.74) is 3.15. The number of methoxy groups -OCH3 is 1. The van der Waals surface area contributed by atoms with Crippen LogP contribution in [0.1, 0.15) is 29.5 Å². The number of rotatable bonds is 3. The highest BCUT2D eigenvalue weighted by molar-refractivity contribution is 5.63. The largest absolute Gasteiger partial charge is 0.497 e. The molecule has 3 atom stereocenters. The molecule has 0 fully saturated rings. The Labute approximate surface area is 140 Å². The maximum absolute atomic E-state index is 11.4. The zero-order chi connectivity index (χ0) is 16.7. The van der Waals surface area contributed by atoms with E-state index < -0.39 is 0 Å². The van der Waals surface area contributed by atoms with Crippen LogP contribution in [0.5, 0.6) is 5.75 Å². The number of nitrogens with one attached hydrogen (secondary N) is 1. The summed E-state index contributed by atoms with van der Waals surface area (Å²) in [6.07, 6.45) is 5.30. The quantitative estimate of drug-likeness (QED) is 0.516. The third-order valence-electron chi connectivity index (χ3n) is 5.04. The van der Waals surface area contributed by atoms with E-state index in [2.05, 4.69) is 23.5 Å². The maximum atomic E-state index is 11.4. The summed E-state index contributed by atoms with van der Waals surface area (Å²) >= 11 is 0. The molecule has 0 saturated heterocycles. The Bertz CT molecular complexity index is 831. The molecule has 0 amide bonds. The number of hydrogen-bond acceptors (Lipinski definition) is 4. The molecule has 5 nitrogen and oxygen atoms in total. The fourth-order valence-corrected chi connectivity index (χ4v) is 3.92. The smallest absolute Gasteiger partial charge is 0.274 e. The second-order valence-corrected chi connectivity index (χ2v) is 6.24. The van der Waals surface area contributed by atoms with Gasteiger partial charge in [0.2, 0.25) is 0 Å². The first-order chi connectivity index (χ1) is 11.7. The van der Waals surface area contributed by atoms with Crippen LogP contribution >= 0.6 is 0 Å². The molecule has 5 heteroatoms. The van der Waals surface area contributed by atoms with E-state index >= 15 is 0 Å². The van der Waals surface area contributed by atoms with E-state index in [-0.39, 0.29) is 28.5 Å². The lowest BCUT2D eigenvalue weighted by Crippen LogP contribution is -2.29. The molecule has 1 aliphatic carbocycles. The SMILES string of the molecule is COc1ccc2c(c1)[C@@H]1C=CC[C@@H]1[C@H](c1ccccc1[N+](=O)[O-])N2. The molecule has 2 aromatic rings. The van der Waals surface area contributed by atoms with Crippen LogP contribution < -0.4 is 10.1 Å². The Morgan fingerprint density at radius 1 is 1.21 bits per heavy atom. The van der Waals surface area contributed by atoms with Gasteiger partial charge in [-0.15, -0.1) is 0 Å². The monoisotopic (exact) mass is 322 g/mol. The van der Waals surface area contributed by atoms with Gasteiger partial charge in [-0.2, -0.15) is 0 Å². The molecule has 2 aromatic carbocycles. The van der Waals surface area contributed by atoms with Crippen molar-refractivity contribution in [2.75, 3.05) is 12.4 Å². The number of hydrogen-bond donors (Lipinski definition) is 1. The van der Waals surface area contributed by atoms with Gasteiger partial charge >= 0.3 is 0 Å². The normalized spacial score (nSPS) is 24.0. The van der Waals surface area contributed by atoms with E-state index in [1.54, 1.807) is 19.2 Å². The molecule has 0 spiro atoms. The molecule has 1 heterocycles. The summed E-state index contributed by atoms with van der Waals surface area (Å²) in [6, 6.07) is 12.9. The number of benzene rings is 2. The van der Waals surface area contributed by atoms with Gasteiger partial charge in [-0.3, -0.25) is 10.1 Å². The fraction of sp³-hybridized carbons (Fsp3) is 0.263. The van der Waals surface area contributed by atoms with Gasteiger partial charge in [-0.1, -0.05) is 30.4 Å². The molecule has 0 unspecified atom stereocenters. The van der Waals surface area contributed by atoms with Crippen molar-refractivity contribution in [3.05, 3.63) is 75.9 Å². The van der Waals surface area contributed by atoms with Gasteiger partial charge < -0.3 is 10.1 Å². The third kappa shape index (κ3) is 2.24. The highest BCUT2D eigenvalue weighted by atomic mass is 16.6. The van der Waals surface area contributed by atoms with Crippen LogP contribution in [-0.4, -0.2) is 12.0 Å². The van der Waals surface area contributed by atoms with Crippen LogP contribution in [0.15, 0.2) is 54.6 Å². The second kappa shape index (κ2) is 5.67. The number of fused-ring (bicyclic) bond motifs is 3. The number of anilines is 1. The zero-order valence-corrected chi connectivity index (χ0v) is 13.3. The van der Waals surface area contributed by atoms with Crippen LogP contribution in [-0.2, 0) is 0 Å². The number of nitro groups is 1. The lowest BCUT2D eigenvalue weighted by molar-refractivity contribution is -0.385. The van der Waals surface area contributed by atoms with Crippen molar-refractivity contribution in [2.45, 2.75) is 18.4 Å². The molecular weight excluding hydrogens is 304 g/mol. The minimum atomic E-state index is -0.294. The second-order valence-electron chi connectivity index (χ2n) is 6.24. The van der Waals surface area contributed by atoms with E-state index in [9.17, 15) is 10.1 Å². The molecular formula is C19H18N2O3. The standard InChI is InChI=1S/C19H18N2O3/c1-24-12-9-10-17-16(11-12)13-6-4-7-14(13)19(20-17)15-5-2-3-8-18(15)21(22)23/h2-6,8-11,13-14,19-20H,7H2,1H3/t13-,14+,19-/m1/s1. The van der Waals surface area contributed by atoms with E-state index in [1.165, 1.54) is 5.56 Å². The first-order valence-corrected chi connectivity index (χ1v) is 8.03. The molecule has 0 bridgehead atoms. The average Bonchev–Trinajstić information content (AvgIpc) is 3.10. The van der Waals surface area contributed by atoms with Crippen LogP contribution in [0.2, 0.25) is 0 Å². The molecule has 1 aliphatic heterocycles. The van der Waals surface area contributed by atoms with Crippen molar-refractivity contribution < 1.29 is 9.66 Å². The van der Waals surface area contributed by atoms with Crippen LogP contribution in [0.25, 0.3) is 0 Å². The number of allylic oxidation sites excluding steroid dienone is 2. The molecule has 1 N–H and O–H groups in total. The minimum absolute atomic E-state index is 0.0764. The molecule has 0 saturated carbocycles. The van der Waals surface area contributed by atoms with Crippen LogP contribution in [0, 0.1) is 16.0 Å². The molecule has 0 aromatic heterocycles. The zero-order valence-electron chi connectivity index (χ0n) is 13.3. The summed E-state index contributed by atoms with van der Waals surface area (Å²) < 4.78 is 5.35. The highest BCUT2D eigenvalue weighted by Gasteiger charge is 2.40. The van der Waals surface area contributed by atoms with Crippen molar-refractivity contribution in [3.63, 3.8) is 0 Å². The summed E-state index contributed by atoms with van der Waals surface area (Å²) in [7, 11) is 1.66. The van der Waals surface area contributed by atoms with Crippen molar-refractivity contribution >= 4 is 11.4 Å². The first kappa shape index (κ1) is 14.8. The van der Waals surface area contributed by atoms with Gasteiger partial charge in [0.15, 0.2) is 0 Å². The summed E-state index contributed by atoms with van der Waals surface area (Å²) in [6.45, 7) is 0. The van der Waals surface area contributed by atoms with Crippen molar-refractivity contribution in [2.24, 2.45) is 5.92 Å². The van der Waals surface area contributed by atoms with Gasteiger partial charge in [-0.05, 0) is 36.1 Å². The van der Waals surface area contributed by atoms with E-state index in [1.807, 2.05) is 24.3 Å². The Morgan fingerprint density at radius 3 is 2.83 bits per heavy atom. The predicted octanol–water partition coefficient (Wildman–Crippen LogP) is 4.43. The van der Waals surface area contributed by atoms with Crippen LogP contribution in [0.4, 0.5) is 11.4 Å². The number of nitro benzene ring substituents is 1. The Kier molecular flexibility index (Phi) is 3.49. The minimum Gasteiger partial charge on any atom is -0.497 e. The van der Waals surface area contributed by atoms with Gasteiger partial charge in [-0.25, -0.2) is 0 Å². The van der Waals surface area contributed by atoms with Crippen molar-refractivity contribution in [1.82, 2.24) is 0 Å². The van der Waals surface area contributed by atoms with E-state index in [0.717, 1.165) is 23.4 Å². The van der Waals surface area contributed by atoms with E-state index in [0.29, 0.717) is 0 Å². The Hall–Kier alpha value is -2.82. The Balaban J connectivity index is 1.81. The first-order valence-electron chi connectivity index (χ1n) is 8.03. The summed E-state index contributed by atoms with van der Waals surface area (Å²) in [5, 5.41) is 15.0. The van der Waals surface area contributed by atoms with Gasteiger partial charge in [0, 0.05) is 17.7 Å². The van der Waals surface area contributed by atoms with Gasteiger partial charge in [0.25, 0.3) is 5.69 Å². The topological polar surface area (TPSA) is 64.4 Å². The number of ether oxygens (including phenoxy) is 1. The van der Waals surface area contributed by atoms with Crippen molar-refractivity contribution in [1.29, 1.82) is 0 Å². The Morgan fingerprint density at radius 2 is 2.04 bits per heavy atom. The lowest BCUT2D eigenvalue weighted by atomic mass is 9.76. The van der Waals surface area contributed by atoms with Gasteiger partial charge in [0.05, 0.1) is 23.6 Å². The summed E-state index contributed by atoms with van der Waals surface area (Å²) in [4.78, 5) is 11.1. The molecule has 0 radical (unpaired) electrons. The molecule has 2 aliphatic rings. The molecule has 4 rings (SSSR count). The lowest BCUT2D eigenvalue weighted by Gasteiger charge is -2.37. The predicted molar refractivity (Wildman–Crippen MR) is 92.4 cm³/mol. The van der Waals surface area contributed by atoms with E-state index in [4.69, 9.17) is 4.74 Å². The van der Waals surface area contributed by atoms with Crippen molar-refractivity contribution in [3.8, 4) is 5.75 Å².